The highest BCUT2D eigenvalue weighted by Gasteiger charge is 2.30. The van der Waals surface area contributed by atoms with Crippen molar-refractivity contribution < 1.29 is 0 Å². The predicted octanol–water partition coefficient (Wildman–Crippen LogP) is 7.16. The first kappa shape index (κ1) is 20.8. The Balaban J connectivity index is 1.33. The van der Waals surface area contributed by atoms with Gasteiger partial charge >= 0.3 is 0 Å². The molecule has 0 bridgehead atoms. The Kier molecular flexibility index (Phi) is 8.61. The van der Waals surface area contributed by atoms with E-state index in [1.165, 1.54) is 89.0 Å². The number of hydrogen-bond acceptors (Lipinski definition) is 2. The first-order valence-electron chi connectivity index (χ1n) is 12.1. The Labute approximate surface area is 168 Å². The molecule has 0 saturated heterocycles. The Morgan fingerprint density at radius 3 is 1.78 bits per heavy atom. The second kappa shape index (κ2) is 11.2. The molecule has 0 amide bonds. The van der Waals surface area contributed by atoms with E-state index in [9.17, 15) is 0 Å². The molecular weight excluding hydrogens is 328 g/mol. The van der Waals surface area contributed by atoms with Gasteiger partial charge in [0, 0.05) is 18.8 Å². The van der Waals surface area contributed by atoms with Crippen LogP contribution in [0.3, 0.4) is 0 Å². The number of aryl methyl sites for hydroxylation is 2. The molecule has 0 N–H and O–H groups in total. The minimum absolute atomic E-state index is 0.918. The number of aromatic nitrogens is 2. The van der Waals surface area contributed by atoms with Crippen molar-refractivity contribution in [1.82, 2.24) is 9.97 Å². The molecule has 0 atom stereocenters. The van der Waals surface area contributed by atoms with Crippen molar-refractivity contribution in [2.24, 2.45) is 23.7 Å². The lowest BCUT2D eigenvalue weighted by Crippen LogP contribution is -2.26. The molecule has 2 fully saturated rings. The first-order valence-corrected chi connectivity index (χ1v) is 12.1. The summed E-state index contributed by atoms with van der Waals surface area (Å²) >= 11 is 0. The molecule has 0 unspecified atom stereocenters. The summed E-state index contributed by atoms with van der Waals surface area (Å²) < 4.78 is 0. The van der Waals surface area contributed by atoms with E-state index in [1.807, 2.05) is 12.4 Å². The summed E-state index contributed by atoms with van der Waals surface area (Å²) in [6.45, 7) is 4.54. The normalized spacial score (nSPS) is 29.0. The van der Waals surface area contributed by atoms with E-state index in [0.717, 1.165) is 42.3 Å². The Morgan fingerprint density at radius 2 is 1.26 bits per heavy atom. The molecule has 2 nitrogen and oxygen atoms in total. The zero-order valence-electron chi connectivity index (χ0n) is 18.0. The van der Waals surface area contributed by atoms with E-state index in [2.05, 4.69) is 23.8 Å². The average molecular weight is 371 g/mol. The number of hydrogen-bond donors (Lipinski definition) is 0. The van der Waals surface area contributed by atoms with Crippen molar-refractivity contribution in [1.29, 1.82) is 0 Å². The van der Waals surface area contributed by atoms with E-state index in [-0.39, 0.29) is 0 Å². The van der Waals surface area contributed by atoms with Crippen LogP contribution in [-0.4, -0.2) is 9.97 Å². The molecule has 0 aliphatic heterocycles. The summed E-state index contributed by atoms with van der Waals surface area (Å²) in [6, 6.07) is 0. The highest BCUT2D eigenvalue weighted by Crippen LogP contribution is 2.42. The van der Waals surface area contributed by atoms with Gasteiger partial charge in [0.25, 0.3) is 0 Å². The van der Waals surface area contributed by atoms with Gasteiger partial charge in [0.2, 0.25) is 0 Å². The maximum atomic E-state index is 4.59. The van der Waals surface area contributed by atoms with Gasteiger partial charge < -0.3 is 0 Å². The molecule has 1 aromatic heterocycles. The maximum Gasteiger partial charge on any atom is 0.128 e. The van der Waals surface area contributed by atoms with Crippen LogP contribution in [0, 0.1) is 23.7 Å². The molecule has 3 rings (SSSR count). The van der Waals surface area contributed by atoms with Crippen LogP contribution in [0.4, 0.5) is 0 Å². The van der Waals surface area contributed by atoms with Crippen molar-refractivity contribution in [3.63, 3.8) is 0 Å². The fourth-order valence-electron chi connectivity index (χ4n) is 5.65. The van der Waals surface area contributed by atoms with Crippen molar-refractivity contribution >= 4 is 0 Å². The second-order valence-electron chi connectivity index (χ2n) is 9.50. The largest absolute Gasteiger partial charge is 0.241 e. The average Bonchev–Trinajstić information content (AvgIpc) is 2.73. The van der Waals surface area contributed by atoms with Gasteiger partial charge in [-0.15, -0.1) is 0 Å². The standard InChI is InChI=1S/C25H42N2/c1-3-5-7-20-8-13-23(14-9-20)24-15-10-21(11-16-24)12-17-25-26-18-22(6-4-2)19-27-25/h18-21,23-24H,3-17H2,1-2H3/t20-,21-,23-,24-. The van der Waals surface area contributed by atoms with Crippen molar-refractivity contribution in [2.75, 3.05) is 0 Å². The lowest BCUT2D eigenvalue weighted by Gasteiger charge is -2.38. The minimum atomic E-state index is 0.918. The first-order chi connectivity index (χ1) is 13.3. The fourth-order valence-corrected chi connectivity index (χ4v) is 5.65. The summed E-state index contributed by atoms with van der Waals surface area (Å²) in [6.07, 6.45) is 25.0. The van der Waals surface area contributed by atoms with Crippen LogP contribution in [0.15, 0.2) is 12.4 Å². The van der Waals surface area contributed by atoms with Gasteiger partial charge in [0.1, 0.15) is 5.82 Å². The Morgan fingerprint density at radius 1 is 0.704 bits per heavy atom. The zero-order chi connectivity index (χ0) is 18.9. The smallest absolute Gasteiger partial charge is 0.128 e. The SMILES string of the molecule is CCCC[C@H]1CC[C@H]([C@H]2CC[C@H](CCc3ncc(CCC)cn3)CC2)CC1. The summed E-state index contributed by atoms with van der Waals surface area (Å²) in [4.78, 5) is 9.17. The van der Waals surface area contributed by atoms with Crippen LogP contribution in [-0.2, 0) is 12.8 Å². The van der Waals surface area contributed by atoms with Crippen molar-refractivity contribution in [3.05, 3.63) is 23.8 Å². The van der Waals surface area contributed by atoms with Gasteiger partial charge in [-0.05, 0) is 67.8 Å². The Bertz CT molecular complexity index is 508. The van der Waals surface area contributed by atoms with Crippen LogP contribution in [0.25, 0.3) is 0 Å². The molecular formula is C25H42N2. The highest BCUT2D eigenvalue weighted by molar-refractivity contribution is 5.05. The van der Waals surface area contributed by atoms with Crippen LogP contribution in [0.1, 0.15) is 109 Å². The zero-order valence-corrected chi connectivity index (χ0v) is 18.0. The molecule has 152 valence electrons. The van der Waals surface area contributed by atoms with Gasteiger partial charge in [-0.1, -0.05) is 65.2 Å². The molecule has 2 aliphatic rings. The molecule has 27 heavy (non-hydrogen) atoms. The molecule has 0 aromatic carbocycles. The molecule has 2 saturated carbocycles. The van der Waals surface area contributed by atoms with Gasteiger partial charge in [-0.3, -0.25) is 0 Å². The minimum Gasteiger partial charge on any atom is -0.241 e. The lowest BCUT2D eigenvalue weighted by molar-refractivity contribution is 0.140. The summed E-state index contributed by atoms with van der Waals surface area (Å²) in [5, 5.41) is 0. The fraction of sp³-hybridized carbons (Fsp3) is 0.840. The number of nitrogens with zero attached hydrogens (tertiary/aromatic N) is 2. The van der Waals surface area contributed by atoms with Crippen LogP contribution >= 0.6 is 0 Å². The monoisotopic (exact) mass is 370 g/mol. The lowest BCUT2D eigenvalue weighted by atomic mass is 9.68. The van der Waals surface area contributed by atoms with Gasteiger partial charge in [0.15, 0.2) is 0 Å². The molecule has 1 heterocycles. The third kappa shape index (κ3) is 6.57. The number of unbranched alkanes of at least 4 members (excludes halogenated alkanes) is 1. The molecule has 2 aliphatic carbocycles. The molecule has 1 aromatic rings. The van der Waals surface area contributed by atoms with E-state index in [0.29, 0.717) is 0 Å². The summed E-state index contributed by atoms with van der Waals surface area (Å²) in [5.74, 6) is 5.13. The predicted molar refractivity (Wildman–Crippen MR) is 115 cm³/mol. The van der Waals surface area contributed by atoms with Crippen LogP contribution in [0.5, 0.6) is 0 Å². The third-order valence-corrected chi connectivity index (χ3v) is 7.49. The highest BCUT2D eigenvalue weighted by atomic mass is 14.9. The van der Waals surface area contributed by atoms with E-state index < -0.39 is 0 Å². The van der Waals surface area contributed by atoms with Gasteiger partial charge in [-0.2, -0.15) is 0 Å². The Hall–Kier alpha value is -0.920. The van der Waals surface area contributed by atoms with Gasteiger partial charge in [-0.25, -0.2) is 9.97 Å². The second-order valence-corrected chi connectivity index (χ2v) is 9.50. The number of rotatable bonds is 9. The van der Waals surface area contributed by atoms with Crippen molar-refractivity contribution in [3.8, 4) is 0 Å². The van der Waals surface area contributed by atoms with E-state index >= 15 is 0 Å². The van der Waals surface area contributed by atoms with E-state index in [1.54, 1.807) is 0 Å². The third-order valence-electron chi connectivity index (χ3n) is 7.49. The maximum absolute atomic E-state index is 4.59. The quantitative estimate of drug-likeness (QED) is 0.460. The molecule has 0 spiro atoms. The van der Waals surface area contributed by atoms with Gasteiger partial charge in [0.05, 0.1) is 0 Å². The molecule has 2 heteroatoms. The summed E-state index contributed by atoms with van der Waals surface area (Å²) in [7, 11) is 0. The molecule has 0 radical (unpaired) electrons. The van der Waals surface area contributed by atoms with Crippen molar-refractivity contribution in [2.45, 2.75) is 110 Å². The summed E-state index contributed by atoms with van der Waals surface area (Å²) in [5.41, 5.74) is 1.28. The van der Waals surface area contributed by atoms with Crippen LogP contribution in [0.2, 0.25) is 0 Å². The topological polar surface area (TPSA) is 25.8 Å². The van der Waals surface area contributed by atoms with Crippen LogP contribution < -0.4 is 0 Å². The van der Waals surface area contributed by atoms with E-state index in [4.69, 9.17) is 0 Å².